The van der Waals surface area contributed by atoms with Crippen LogP contribution in [0.5, 0.6) is 0 Å². The SMILES string of the molecule is Cc1ccc(N2C(N)=NCC2c2cn(C)nc2C)cc1. The molecule has 1 aliphatic rings. The van der Waals surface area contributed by atoms with Gasteiger partial charge in [-0.2, -0.15) is 5.10 Å². The number of nitrogens with zero attached hydrogens (tertiary/aromatic N) is 4. The molecule has 0 saturated heterocycles. The van der Waals surface area contributed by atoms with E-state index >= 15 is 0 Å². The van der Waals surface area contributed by atoms with Gasteiger partial charge in [0.15, 0.2) is 5.96 Å². The Balaban J connectivity index is 2.00. The van der Waals surface area contributed by atoms with E-state index in [1.807, 2.05) is 18.7 Å². The molecule has 0 saturated carbocycles. The molecule has 1 atom stereocenters. The maximum atomic E-state index is 6.08. The molecule has 104 valence electrons. The van der Waals surface area contributed by atoms with Crippen LogP contribution in [0.25, 0.3) is 0 Å². The summed E-state index contributed by atoms with van der Waals surface area (Å²) in [6.07, 6.45) is 2.05. The summed E-state index contributed by atoms with van der Waals surface area (Å²) in [7, 11) is 1.94. The molecule has 5 heteroatoms. The van der Waals surface area contributed by atoms with Crippen molar-refractivity contribution in [2.45, 2.75) is 19.9 Å². The first-order valence-corrected chi connectivity index (χ1v) is 6.72. The van der Waals surface area contributed by atoms with Gasteiger partial charge in [0, 0.05) is 24.5 Å². The summed E-state index contributed by atoms with van der Waals surface area (Å²) in [6, 6.07) is 8.48. The van der Waals surface area contributed by atoms with Crippen molar-refractivity contribution in [2.75, 3.05) is 11.4 Å². The normalized spacial score (nSPS) is 18.4. The van der Waals surface area contributed by atoms with Gasteiger partial charge in [-0.25, -0.2) is 0 Å². The van der Waals surface area contributed by atoms with Crippen molar-refractivity contribution in [3.8, 4) is 0 Å². The minimum atomic E-state index is 0.131. The van der Waals surface area contributed by atoms with Crippen LogP contribution < -0.4 is 10.6 Å². The third-order valence-electron chi connectivity index (χ3n) is 3.71. The minimum Gasteiger partial charge on any atom is -0.369 e. The zero-order valence-electron chi connectivity index (χ0n) is 12.0. The number of rotatable bonds is 2. The van der Waals surface area contributed by atoms with E-state index in [0.29, 0.717) is 12.5 Å². The van der Waals surface area contributed by atoms with Gasteiger partial charge in [-0.1, -0.05) is 17.7 Å². The molecular formula is C15H19N5. The molecule has 2 aromatic rings. The van der Waals surface area contributed by atoms with Crippen molar-refractivity contribution in [2.24, 2.45) is 17.8 Å². The van der Waals surface area contributed by atoms with E-state index in [1.54, 1.807) is 0 Å². The number of aromatic nitrogens is 2. The Hall–Kier alpha value is -2.30. The number of guanidine groups is 1. The van der Waals surface area contributed by atoms with Gasteiger partial charge >= 0.3 is 0 Å². The number of aliphatic imine (C=N–C) groups is 1. The molecular weight excluding hydrogens is 250 g/mol. The maximum Gasteiger partial charge on any atom is 0.196 e. The van der Waals surface area contributed by atoms with Crippen LogP contribution in [0.4, 0.5) is 5.69 Å². The first-order valence-electron chi connectivity index (χ1n) is 6.72. The van der Waals surface area contributed by atoms with Crippen LogP contribution in [-0.4, -0.2) is 22.3 Å². The number of hydrogen-bond acceptors (Lipinski definition) is 4. The van der Waals surface area contributed by atoms with Crippen LogP contribution in [0.15, 0.2) is 35.5 Å². The number of aryl methyl sites for hydroxylation is 3. The zero-order chi connectivity index (χ0) is 14.3. The molecule has 0 fully saturated rings. The van der Waals surface area contributed by atoms with Gasteiger partial charge < -0.3 is 10.6 Å². The van der Waals surface area contributed by atoms with Gasteiger partial charge in [-0.05, 0) is 26.0 Å². The van der Waals surface area contributed by atoms with E-state index < -0.39 is 0 Å². The number of nitrogens with two attached hydrogens (primary N) is 1. The lowest BCUT2D eigenvalue weighted by atomic mass is 10.1. The maximum absolute atomic E-state index is 6.08. The standard InChI is InChI=1S/C15H19N5/c1-10-4-6-12(7-5-10)20-14(8-17-15(20)16)13-9-19(3)18-11(13)2/h4-7,9,14H,8H2,1-3H3,(H2,16,17). The van der Waals surface area contributed by atoms with E-state index in [-0.39, 0.29) is 6.04 Å². The van der Waals surface area contributed by atoms with E-state index in [4.69, 9.17) is 5.73 Å². The lowest BCUT2D eigenvalue weighted by Gasteiger charge is -2.26. The average Bonchev–Trinajstić information content (AvgIpc) is 2.93. The topological polar surface area (TPSA) is 59.4 Å². The summed E-state index contributed by atoms with van der Waals surface area (Å²) in [4.78, 5) is 6.49. The molecule has 2 heterocycles. The Labute approximate surface area is 118 Å². The van der Waals surface area contributed by atoms with Gasteiger partial charge in [0.1, 0.15) is 0 Å². The van der Waals surface area contributed by atoms with Crippen LogP contribution in [0.2, 0.25) is 0 Å². The van der Waals surface area contributed by atoms with Crippen molar-refractivity contribution in [1.29, 1.82) is 0 Å². The molecule has 2 N–H and O–H groups in total. The van der Waals surface area contributed by atoms with Crippen LogP contribution >= 0.6 is 0 Å². The Morgan fingerprint density at radius 1 is 1.20 bits per heavy atom. The highest BCUT2D eigenvalue weighted by Gasteiger charge is 2.30. The van der Waals surface area contributed by atoms with Crippen LogP contribution in [0.3, 0.4) is 0 Å². The summed E-state index contributed by atoms with van der Waals surface area (Å²) >= 11 is 0. The van der Waals surface area contributed by atoms with E-state index in [1.165, 1.54) is 11.1 Å². The van der Waals surface area contributed by atoms with Crippen molar-refractivity contribution >= 4 is 11.6 Å². The Morgan fingerprint density at radius 3 is 2.50 bits per heavy atom. The Bertz CT molecular complexity index is 653. The Morgan fingerprint density at radius 2 is 1.90 bits per heavy atom. The quantitative estimate of drug-likeness (QED) is 0.906. The molecule has 1 unspecified atom stereocenters. The second kappa shape index (κ2) is 4.67. The zero-order valence-corrected chi connectivity index (χ0v) is 12.0. The van der Waals surface area contributed by atoms with Crippen LogP contribution in [0.1, 0.15) is 22.9 Å². The highest BCUT2D eigenvalue weighted by atomic mass is 15.3. The predicted octanol–water partition coefficient (Wildman–Crippen LogP) is 1.91. The summed E-state index contributed by atoms with van der Waals surface area (Å²) in [6.45, 7) is 4.78. The number of hydrogen-bond donors (Lipinski definition) is 1. The third-order valence-corrected chi connectivity index (χ3v) is 3.71. The summed E-state index contributed by atoms with van der Waals surface area (Å²) < 4.78 is 1.84. The molecule has 1 aromatic heterocycles. The lowest BCUT2D eigenvalue weighted by molar-refractivity contribution is 0.751. The Kier molecular flexibility index (Phi) is 2.97. The van der Waals surface area contributed by atoms with Gasteiger partial charge in [-0.15, -0.1) is 0 Å². The second-order valence-corrected chi connectivity index (χ2v) is 5.26. The number of benzene rings is 1. The van der Waals surface area contributed by atoms with Crippen LogP contribution in [-0.2, 0) is 7.05 Å². The molecule has 20 heavy (non-hydrogen) atoms. The van der Waals surface area contributed by atoms with Crippen molar-refractivity contribution in [3.05, 3.63) is 47.3 Å². The number of anilines is 1. The van der Waals surface area contributed by atoms with Gasteiger partial charge in [0.25, 0.3) is 0 Å². The summed E-state index contributed by atoms with van der Waals surface area (Å²) in [5.41, 5.74) is 10.6. The lowest BCUT2D eigenvalue weighted by Crippen LogP contribution is -2.36. The first-order chi connectivity index (χ1) is 9.56. The van der Waals surface area contributed by atoms with Crippen molar-refractivity contribution in [3.63, 3.8) is 0 Å². The van der Waals surface area contributed by atoms with E-state index in [2.05, 4.69) is 52.4 Å². The molecule has 5 nitrogen and oxygen atoms in total. The third kappa shape index (κ3) is 2.05. The monoisotopic (exact) mass is 269 g/mol. The molecule has 1 aromatic carbocycles. The molecule has 0 radical (unpaired) electrons. The highest BCUT2D eigenvalue weighted by molar-refractivity contribution is 5.97. The van der Waals surface area contributed by atoms with Crippen molar-refractivity contribution < 1.29 is 0 Å². The van der Waals surface area contributed by atoms with Crippen LogP contribution in [0, 0.1) is 13.8 Å². The molecule has 0 bridgehead atoms. The molecule has 0 amide bonds. The predicted molar refractivity (Wildman–Crippen MR) is 80.8 cm³/mol. The van der Waals surface area contributed by atoms with Gasteiger partial charge in [-0.3, -0.25) is 9.67 Å². The van der Waals surface area contributed by atoms with Crippen molar-refractivity contribution in [1.82, 2.24) is 9.78 Å². The summed E-state index contributed by atoms with van der Waals surface area (Å²) in [5, 5.41) is 4.42. The fraction of sp³-hybridized carbons (Fsp3) is 0.333. The first kappa shape index (κ1) is 12.7. The smallest absolute Gasteiger partial charge is 0.196 e. The fourth-order valence-electron chi connectivity index (χ4n) is 2.70. The highest BCUT2D eigenvalue weighted by Crippen LogP contribution is 2.32. The van der Waals surface area contributed by atoms with Gasteiger partial charge in [0.2, 0.25) is 0 Å². The van der Waals surface area contributed by atoms with E-state index in [9.17, 15) is 0 Å². The van der Waals surface area contributed by atoms with E-state index in [0.717, 1.165) is 11.4 Å². The summed E-state index contributed by atoms with van der Waals surface area (Å²) in [5.74, 6) is 0.571. The fourth-order valence-corrected chi connectivity index (χ4v) is 2.70. The molecule has 1 aliphatic heterocycles. The molecule has 3 rings (SSSR count). The average molecular weight is 269 g/mol. The minimum absolute atomic E-state index is 0.131. The molecule has 0 spiro atoms. The largest absolute Gasteiger partial charge is 0.369 e. The van der Waals surface area contributed by atoms with Gasteiger partial charge in [0.05, 0.1) is 18.3 Å². The second-order valence-electron chi connectivity index (χ2n) is 5.26. The molecule has 0 aliphatic carbocycles.